The van der Waals surface area contributed by atoms with Crippen LogP contribution in [0.5, 0.6) is 0 Å². The lowest BCUT2D eigenvalue weighted by atomic mass is 10.2. The van der Waals surface area contributed by atoms with Crippen molar-refractivity contribution < 1.29 is 9.53 Å². The minimum Gasteiger partial charge on any atom is -0.377 e. The molecule has 0 N–H and O–H groups in total. The molecule has 16 heavy (non-hydrogen) atoms. The van der Waals surface area contributed by atoms with E-state index in [1.54, 1.807) is 6.07 Å². The average Bonchev–Trinajstić information content (AvgIpc) is 2.28. The van der Waals surface area contributed by atoms with Gasteiger partial charge in [0.1, 0.15) is 11.5 Å². The van der Waals surface area contributed by atoms with Crippen molar-refractivity contribution in [2.24, 2.45) is 0 Å². The Bertz CT molecular complexity index is 400. The van der Waals surface area contributed by atoms with Crippen LogP contribution in [0.4, 0.5) is 5.82 Å². The first-order valence-electron chi connectivity index (χ1n) is 5.05. The molecule has 0 radical (unpaired) electrons. The zero-order valence-corrected chi connectivity index (χ0v) is 9.65. The third kappa shape index (κ3) is 2.31. The van der Waals surface area contributed by atoms with Gasteiger partial charge in [0.2, 0.25) is 5.28 Å². The predicted octanol–water partition coefficient (Wildman–Crippen LogP) is 1.17. The van der Waals surface area contributed by atoms with E-state index in [9.17, 15) is 4.79 Å². The maximum Gasteiger partial charge on any atom is 0.224 e. The molecule has 2 rings (SSSR count). The van der Waals surface area contributed by atoms with E-state index in [0.717, 1.165) is 6.54 Å². The molecule has 86 valence electrons. The molecule has 5 nitrogen and oxygen atoms in total. The summed E-state index contributed by atoms with van der Waals surface area (Å²) in [5, 5.41) is 0.0956. The van der Waals surface area contributed by atoms with E-state index in [0.29, 0.717) is 31.0 Å². The molecule has 0 aromatic carbocycles. The molecule has 1 saturated heterocycles. The molecule has 0 unspecified atom stereocenters. The fraction of sp³-hybridized carbons (Fsp3) is 0.500. The lowest BCUT2D eigenvalue weighted by Crippen LogP contribution is -2.44. The molecule has 0 bridgehead atoms. The first-order valence-corrected chi connectivity index (χ1v) is 5.42. The molecular formula is C10H12ClN3O2. The molecule has 0 saturated carbocycles. The summed E-state index contributed by atoms with van der Waals surface area (Å²) in [7, 11) is 0. The molecule has 1 aliphatic rings. The third-order valence-corrected chi connectivity index (χ3v) is 2.66. The summed E-state index contributed by atoms with van der Waals surface area (Å²) < 4.78 is 5.33. The minimum absolute atomic E-state index is 0.0956. The number of anilines is 1. The van der Waals surface area contributed by atoms with Crippen molar-refractivity contribution in [3.8, 4) is 0 Å². The summed E-state index contributed by atoms with van der Waals surface area (Å²) in [5.74, 6) is 0.679. The van der Waals surface area contributed by atoms with Crippen molar-refractivity contribution >= 4 is 23.7 Å². The maximum absolute atomic E-state index is 10.7. The number of carbonyl (C=O) groups excluding carboxylic acids is 1. The molecule has 0 amide bonds. The number of aldehydes is 1. The highest BCUT2D eigenvalue weighted by Gasteiger charge is 2.21. The highest BCUT2D eigenvalue weighted by atomic mass is 35.5. The highest BCUT2D eigenvalue weighted by molar-refractivity contribution is 6.28. The first kappa shape index (κ1) is 11.3. The Hall–Kier alpha value is -1.20. The smallest absolute Gasteiger partial charge is 0.224 e. The van der Waals surface area contributed by atoms with Crippen LogP contribution in [0.1, 0.15) is 17.4 Å². The molecule has 1 fully saturated rings. The second kappa shape index (κ2) is 4.76. The number of carbonyl (C=O) groups is 1. The van der Waals surface area contributed by atoms with Gasteiger partial charge in [0.15, 0.2) is 6.29 Å². The SMILES string of the molecule is C[C@@H]1COCCN1c1cc(C=O)nc(Cl)n1. The topological polar surface area (TPSA) is 55.3 Å². The van der Waals surface area contributed by atoms with Gasteiger partial charge in [-0.25, -0.2) is 9.97 Å². The molecule has 1 aromatic heterocycles. The molecule has 1 atom stereocenters. The van der Waals surface area contributed by atoms with E-state index in [4.69, 9.17) is 16.3 Å². The van der Waals surface area contributed by atoms with Gasteiger partial charge in [0.25, 0.3) is 0 Å². The second-order valence-electron chi connectivity index (χ2n) is 3.66. The number of hydrogen-bond acceptors (Lipinski definition) is 5. The van der Waals surface area contributed by atoms with Crippen LogP contribution in [-0.4, -0.2) is 42.1 Å². The number of halogens is 1. The molecule has 6 heteroatoms. The fourth-order valence-electron chi connectivity index (χ4n) is 1.70. The Morgan fingerprint density at radius 1 is 1.62 bits per heavy atom. The lowest BCUT2D eigenvalue weighted by Gasteiger charge is -2.34. The van der Waals surface area contributed by atoms with E-state index in [2.05, 4.69) is 14.9 Å². The van der Waals surface area contributed by atoms with Gasteiger partial charge < -0.3 is 9.64 Å². The van der Waals surface area contributed by atoms with Crippen LogP contribution in [0.2, 0.25) is 5.28 Å². The maximum atomic E-state index is 10.7. The molecule has 2 heterocycles. The summed E-state index contributed by atoms with van der Waals surface area (Å²) in [6, 6.07) is 1.86. The van der Waals surface area contributed by atoms with Crippen molar-refractivity contribution in [2.75, 3.05) is 24.7 Å². The number of aromatic nitrogens is 2. The average molecular weight is 242 g/mol. The number of hydrogen-bond donors (Lipinski definition) is 0. The van der Waals surface area contributed by atoms with Crippen LogP contribution in [0.15, 0.2) is 6.07 Å². The van der Waals surface area contributed by atoms with Gasteiger partial charge in [-0.2, -0.15) is 0 Å². The summed E-state index contributed by atoms with van der Waals surface area (Å²) in [4.78, 5) is 20.7. The van der Waals surface area contributed by atoms with Gasteiger partial charge in [0.05, 0.1) is 19.3 Å². The Balaban J connectivity index is 2.31. The van der Waals surface area contributed by atoms with Gasteiger partial charge in [-0.3, -0.25) is 4.79 Å². The van der Waals surface area contributed by atoms with Gasteiger partial charge in [-0.15, -0.1) is 0 Å². The number of morpholine rings is 1. The minimum atomic E-state index is 0.0956. The highest BCUT2D eigenvalue weighted by Crippen LogP contribution is 2.19. The van der Waals surface area contributed by atoms with Crippen LogP contribution >= 0.6 is 11.6 Å². The summed E-state index contributed by atoms with van der Waals surface area (Å²) in [6.07, 6.45) is 0.669. The van der Waals surface area contributed by atoms with Crippen molar-refractivity contribution in [2.45, 2.75) is 13.0 Å². The van der Waals surface area contributed by atoms with Crippen molar-refractivity contribution in [1.29, 1.82) is 0 Å². The van der Waals surface area contributed by atoms with E-state index >= 15 is 0 Å². The fourth-order valence-corrected chi connectivity index (χ4v) is 1.88. The largest absolute Gasteiger partial charge is 0.377 e. The Morgan fingerprint density at radius 3 is 3.12 bits per heavy atom. The van der Waals surface area contributed by atoms with E-state index < -0.39 is 0 Å². The number of nitrogens with zero attached hydrogens (tertiary/aromatic N) is 3. The van der Waals surface area contributed by atoms with Crippen LogP contribution in [0.25, 0.3) is 0 Å². The van der Waals surface area contributed by atoms with Crippen LogP contribution in [0.3, 0.4) is 0 Å². The van der Waals surface area contributed by atoms with Gasteiger partial charge >= 0.3 is 0 Å². The monoisotopic (exact) mass is 241 g/mol. The quantitative estimate of drug-likeness (QED) is 0.575. The van der Waals surface area contributed by atoms with Gasteiger partial charge in [-0.05, 0) is 18.5 Å². The zero-order valence-electron chi connectivity index (χ0n) is 8.89. The van der Waals surface area contributed by atoms with E-state index in [1.807, 2.05) is 6.92 Å². The van der Waals surface area contributed by atoms with Crippen LogP contribution in [-0.2, 0) is 4.74 Å². The normalized spacial score (nSPS) is 20.9. The van der Waals surface area contributed by atoms with E-state index in [1.165, 1.54) is 0 Å². The molecule has 0 spiro atoms. The summed E-state index contributed by atoms with van der Waals surface area (Å²) >= 11 is 5.76. The second-order valence-corrected chi connectivity index (χ2v) is 3.99. The molecule has 1 aromatic rings. The van der Waals surface area contributed by atoms with Crippen molar-refractivity contribution in [3.05, 3.63) is 17.0 Å². The zero-order chi connectivity index (χ0) is 11.5. The van der Waals surface area contributed by atoms with Crippen LogP contribution < -0.4 is 4.90 Å². The molecule has 0 aliphatic carbocycles. The standard InChI is InChI=1S/C10H12ClN3O2/c1-7-6-16-3-2-14(7)9-4-8(5-15)12-10(11)13-9/h4-5,7H,2-3,6H2,1H3/t7-/m1/s1. The van der Waals surface area contributed by atoms with Gasteiger partial charge in [-0.1, -0.05) is 0 Å². The van der Waals surface area contributed by atoms with Crippen molar-refractivity contribution in [1.82, 2.24) is 9.97 Å². The van der Waals surface area contributed by atoms with Crippen molar-refractivity contribution in [3.63, 3.8) is 0 Å². The van der Waals surface area contributed by atoms with E-state index in [-0.39, 0.29) is 11.3 Å². The Morgan fingerprint density at radius 2 is 2.44 bits per heavy atom. The van der Waals surface area contributed by atoms with Crippen LogP contribution in [0, 0.1) is 0 Å². The Kier molecular flexibility index (Phi) is 3.36. The third-order valence-electron chi connectivity index (χ3n) is 2.49. The number of ether oxygens (including phenoxy) is 1. The summed E-state index contributed by atoms with van der Waals surface area (Å²) in [5.41, 5.74) is 0.300. The van der Waals surface area contributed by atoms with Gasteiger partial charge in [0, 0.05) is 12.6 Å². The number of rotatable bonds is 2. The Labute approximate surface area is 98.4 Å². The lowest BCUT2D eigenvalue weighted by molar-refractivity contribution is 0.0985. The molecule has 1 aliphatic heterocycles. The summed E-state index contributed by atoms with van der Waals surface area (Å²) in [6.45, 7) is 4.09. The molecular weight excluding hydrogens is 230 g/mol. The predicted molar refractivity (Wildman–Crippen MR) is 60.1 cm³/mol. The first-order chi connectivity index (χ1) is 7.70.